The highest BCUT2D eigenvalue weighted by atomic mass is 19.4. The molecule has 1 rings (SSSR count). The number of aliphatic hydroxyl groups is 1. The molecular formula is C10H15F3N2O2. The molecule has 0 saturated heterocycles. The Bertz CT molecular complexity index is 368. The Morgan fingerprint density at radius 3 is 2.35 bits per heavy atom. The first-order valence-corrected chi connectivity index (χ1v) is 5.14. The number of hydrogen-bond acceptors (Lipinski definition) is 4. The second-order valence-electron chi connectivity index (χ2n) is 4.98. The van der Waals surface area contributed by atoms with Crippen LogP contribution >= 0.6 is 0 Å². The Labute approximate surface area is 96.8 Å². The summed E-state index contributed by atoms with van der Waals surface area (Å²) in [5, 5.41) is 13.0. The van der Waals surface area contributed by atoms with Gasteiger partial charge in [-0.3, -0.25) is 0 Å². The van der Waals surface area contributed by atoms with Gasteiger partial charge in [-0.1, -0.05) is 25.9 Å². The molecule has 1 unspecified atom stereocenters. The largest absolute Gasteiger partial charge is 0.396 e. The summed E-state index contributed by atoms with van der Waals surface area (Å²) in [7, 11) is 0. The van der Waals surface area contributed by atoms with Gasteiger partial charge in [-0.25, -0.2) is 0 Å². The van der Waals surface area contributed by atoms with Crippen molar-refractivity contribution >= 4 is 0 Å². The third-order valence-corrected chi connectivity index (χ3v) is 2.24. The lowest BCUT2D eigenvalue weighted by atomic mass is 9.87. The number of aromatic nitrogens is 2. The van der Waals surface area contributed by atoms with Crippen LogP contribution in [0.15, 0.2) is 4.52 Å². The minimum Gasteiger partial charge on any atom is -0.392 e. The van der Waals surface area contributed by atoms with Gasteiger partial charge >= 0.3 is 6.18 Å². The molecule has 98 valence electrons. The van der Waals surface area contributed by atoms with Crippen LogP contribution in [0.25, 0.3) is 0 Å². The van der Waals surface area contributed by atoms with Crippen LogP contribution in [0.2, 0.25) is 0 Å². The van der Waals surface area contributed by atoms with E-state index in [0.717, 1.165) is 0 Å². The molecule has 1 heterocycles. The normalized spacial score (nSPS) is 15.0. The lowest BCUT2D eigenvalue weighted by Crippen LogP contribution is -2.28. The molecule has 7 heteroatoms. The summed E-state index contributed by atoms with van der Waals surface area (Å²) in [6, 6.07) is 0. The van der Waals surface area contributed by atoms with Crippen molar-refractivity contribution in [2.45, 2.75) is 45.9 Å². The molecule has 17 heavy (non-hydrogen) atoms. The van der Waals surface area contributed by atoms with Crippen molar-refractivity contribution in [2.75, 3.05) is 0 Å². The van der Waals surface area contributed by atoms with E-state index in [-0.39, 0.29) is 12.3 Å². The molecule has 0 radical (unpaired) electrons. The average molecular weight is 252 g/mol. The van der Waals surface area contributed by atoms with E-state index >= 15 is 0 Å². The van der Waals surface area contributed by atoms with Crippen LogP contribution in [0.3, 0.4) is 0 Å². The molecule has 1 atom stereocenters. The van der Waals surface area contributed by atoms with Gasteiger partial charge in [-0.05, 0) is 5.41 Å². The number of rotatable bonds is 3. The summed E-state index contributed by atoms with van der Waals surface area (Å²) < 4.78 is 40.7. The van der Waals surface area contributed by atoms with Crippen LogP contribution in [-0.4, -0.2) is 27.5 Å². The summed E-state index contributed by atoms with van der Waals surface area (Å²) in [5.41, 5.74) is -0.390. The molecule has 0 spiro atoms. The molecule has 0 fully saturated rings. The zero-order chi connectivity index (χ0) is 13.3. The van der Waals surface area contributed by atoms with Crippen LogP contribution in [-0.2, 0) is 12.8 Å². The van der Waals surface area contributed by atoms with Crippen molar-refractivity contribution in [3.63, 3.8) is 0 Å². The predicted molar refractivity (Wildman–Crippen MR) is 53.2 cm³/mol. The maximum absolute atomic E-state index is 12.0. The first-order chi connectivity index (χ1) is 7.58. The zero-order valence-electron chi connectivity index (χ0n) is 9.88. The zero-order valence-corrected chi connectivity index (χ0v) is 9.88. The summed E-state index contributed by atoms with van der Waals surface area (Å²) in [4.78, 5) is 3.59. The van der Waals surface area contributed by atoms with E-state index < -0.39 is 29.9 Å². The molecule has 0 aromatic carbocycles. The molecular weight excluding hydrogens is 237 g/mol. The Morgan fingerprint density at radius 1 is 1.29 bits per heavy atom. The van der Waals surface area contributed by atoms with Gasteiger partial charge in [0.2, 0.25) is 5.89 Å². The SMILES string of the molecule is CC(C)(C)C(O)Cc1nc(CC(F)(F)F)no1. The average Bonchev–Trinajstić information content (AvgIpc) is 2.47. The fraction of sp³-hybridized carbons (Fsp3) is 0.800. The monoisotopic (exact) mass is 252 g/mol. The quantitative estimate of drug-likeness (QED) is 0.895. The van der Waals surface area contributed by atoms with Crippen LogP contribution in [0.5, 0.6) is 0 Å². The topological polar surface area (TPSA) is 59.2 Å². The maximum atomic E-state index is 12.0. The fourth-order valence-electron chi connectivity index (χ4n) is 1.10. The Hall–Kier alpha value is -1.11. The van der Waals surface area contributed by atoms with Crippen LogP contribution in [0, 0.1) is 5.41 Å². The number of nitrogens with zero attached hydrogens (tertiary/aromatic N) is 2. The fourth-order valence-corrected chi connectivity index (χ4v) is 1.10. The smallest absolute Gasteiger partial charge is 0.392 e. The molecule has 0 saturated carbocycles. The third-order valence-electron chi connectivity index (χ3n) is 2.24. The van der Waals surface area contributed by atoms with Gasteiger partial charge in [-0.15, -0.1) is 0 Å². The van der Waals surface area contributed by atoms with Crippen LogP contribution < -0.4 is 0 Å². The molecule has 1 aromatic heterocycles. The predicted octanol–water partition coefficient (Wildman–Crippen LogP) is 2.12. The highest BCUT2D eigenvalue weighted by Crippen LogP contribution is 2.23. The second-order valence-corrected chi connectivity index (χ2v) is 4.98. The lowest BCUT2D eigenvalue weighted by Gasteiger charge is -2.24. The van der Waals surface area contributed by atoms with Gasteiger partial charge in [0.15, 0.2) is 5.82 Å². The minimum absolute atomic E-state index is 0.0201. The number of aliphatic hydroxyl groups excluding tert-OH is 1. The van der Waals surface area contributed by atoms with Gasteiger partial charge in [0.1, 0.15) is 6.42 Å². The van der Waals surface area contributed by atoms with Crippen LogP contribution in [0.4, 0.5) is 13.2 Å². The maximum Gasteiger partial charge on any atom is 0.396 e. The van der Waals surface area contributed by atoms with E-state index in [1.54, 1.807) is 0 Å². The summed E-state index contributed by atoms with van der Waals surface area (Å²) in [5.74, 6) is -0.389. The van der Waals surface area contributed by atoms with Crippen molar-refractivity contribution in [1.82, 2.24) is 10.1 Å². The molecule has 0 aliphatic rings. The van der Waals surface area contributed by atoms with Crippen molar-refractivity contribution in [2.24, 2.45) is 5.41 Å². The molecule has 0 bridgehead atoms. The number of halogens is 3. The minimum atomic E-state index is -4.36. The first-order valence-electron chi connectivity index (χ1n) is 5.14. The second kappa shape index (κ2) is 4.64. The molecule has 1 N–H and O–H groups in total. The number of alkyl halides is 3. The summed E-state index contributed by atoms with van der Waals surface area (Å²) >= 11 is 0. The van der Waals surface area contributed by atoms with Crippen molar-refractivity contribution < 1.29 is 22.8 Å². The Balaban J connectivity index is 2.63. The van der Waals surface area contributed by atoms with E-state index in [0.29, 0.717) is 0 Å². The molecule has 4 nitrogen and oxygen atoms in total. The van der Waals surface area contributed by atoms with E-state index in [1.165, 1.54) is 0 Å². The van der Waals surface area contributed by atoms with E-state index in [1.807, 2.05) is 20.8 Å². The van der Waals surface area contributed by atoms with Crippen molar-refractivity contribution in [3.8, 4) is 0 Å². The first kappa shape index (κ1) is 14.0. The Morgan fingerprint density at radius 2 is 1.88 bits per heavy atom. The highest BCUT2D eigenvalue weighted by molar-refractivity contribution is 4.92. The van der Waals surface area contributed by atoms with Gasteiger partial charge in [0.05, 0.1) is 12.5 Å². The standard InChI is InChI=1S/C10H15F3N2O2/c1-9(2,3)6(16)4-8-14-7(15-17-8)5-10(11,12)13/h6,16H,4-5H2,1-3H3. The van der Waals surface area contributed by atoms with Gasteiger partial charge in [0, 0.05) is 0 Å². The van der Waals surface area contributed by atoms with Crippen LogP contribution in [0.1, 0.15) is 32.5 Å². The van der Waals surface area contributed by atoms with E-state index in [4.69, 9.17) is 0 Å². The molecule has 0 amide bonds. The molecule has 0 aliphatic carbocycles. The van der Waals surface area contributed by atoms with Crippen molar-refractivity contribution in [1.29, 1.82) is 0 Å². The summed E-state index contributed by atoms with van der Waals surface area (Å²) in [6.45, 7) is 5.43. The highest BCUT2D eigenvalue weighted by Gasteiger charge is 2.31. The Kier molecular flexibility index (Phi) is 3.81. The third kappa shape index (κ3) is 4.72. The van der Waals surface area contributed by atoms with Gasteiger partial charge < -0.3 is 9.63 Å². The van der Waals surface area contributed by atoms with Gasteiger partial charge in [-0.2, -0.15) is 18.2 Å². The van der Waals surface area contributed by atoms with E-state index in [2.05, 4.69) is 14.7 Å². The molecule has 0 aliphatic heterocycles. The van der Waals surface area contributed by atoms with Gasteiger partial charge in [0.25, 0.3) is 0 Å². The lowest BCUT2D eigenvalue weighted by molar-refractivity contribution is -0.128. The number of hydrogen-bond donors (Lipinski definition) is 1. The van der Waals surface area contributed by atoms with Crippen molar-refractivity contribution in [3.05, 3.63) is 11.7 Å². The molecule has 1 aromatic rings. The summed E-state index contributed by atoms with van der Waals surface area (Å²) in [6.07, 6.45) is -6.28. The van der Waals surface area contributed by atoms with E-state index in [9.17, 15) is 18.3 Å².